The lowest BCUT2D eigenvalue weighted by molar-refractivity contribution is -0.182. The van der Waals surface area contributed by atoms with Gasteiger partial charge in [0, 0.05) is 38.1 Å². The maximum absolute atomic E-state index is 15.0. The third kappa shape index (κ3) is 7.82. The Hall–Kier alpha value is -4.17. The number of hydroxylamine groups is 1. The normalized spacial score (nSPS) is 14.4. The van der Waals surface area contributed by atoms with Gasteiger partial charge >= 0.3 is 5.97 Å². The molecule has 1 aliphatic rings. The summed E-state index contributed by atoms with van der Waals surface area (Å²) in [6.07, 6.45) is 4.15. The average Bonchev–Trinajstić information content (AvgIpc) is 2.98. The van der Waals surface area contributed by atoms with Crippen LogP contribution in [-0.2, 0) is 19.7 Å². The second kappa shape index (κ2) is 13.4. The van der Waals surface area contributed by atoms with Crippen molar-refractivity contribution < 1.29 is 31.6 Å². The SMILES string of the molecule is CC(C)(C)N(OC(=O)CCNC(=O)c1ccc(N2CCC(Nc3ncccn3)CC2)c(F)c1F)S(=O)(=O)c1ccccc1. The van der Waals surface area contributed by atoms with E-state index in [4.69, 9.17) is 4.84 Å². The Balaban J connectivity index is 1.31. The van der Waals surface area contributed by atoms with Crippen LogP contribution >= 0.6 is 0 Å². The van der Waals surface area contributed by atoms with Crippen LogP contribution in [0.4, 0.5) is 20.4 Å². The van der Waals surface area contributed by atoms with Crippen molar-refractivity contribution in [2.45, 2.75) is 56.5 Å². The molecule has 0 unspecified atom stereocenters. The minimum atomic E-state index is -4.18. The number of halogens is 2. The van der Waals surface area contributed by atoms with Gasteiger partial charge in [0.25, 0.3) is 15.9 Å². The van der Waals surface area contributed by atoms with E-state index >= 15 is 4.39 Å². The summed E-state index contributed by atoms with van der Waals surface area (Å²) in [4.78, 5) is 40.3. The van der Waals surface area contributed by atoms with Gasteiger partial charge in [-0.3, -0.25) is 9.59 Å². The molecule has 2 aromatic carbocycles. The maximum Gasteiger partial charge on any atom is 0.328 e. The molecule has 11 nitrogen and oxygen atoms in total. The Bertz CT molecular complexity index is 1530. The van der Waals surface area contributed by atoms with E-state index in [1.165, 1.54) is 24.3 Å². The molecule has 1 aromatic heterocycles. The van der Waals surface area contributed by atoms with E-state index in [1.54, 1.807) is 62.3 Å². The molecule has 230 valence electrons. The fraction of sp³-hybridized carbons (Fsp3) is 0.379. The number of sulfonamides is 1. The standard InChI is InChI=1S/C29H34F2N6O5S/c1-29(2,3)37(43(40,41)21-8-5-4-6-9-21)42-24(38)12-17-32-27(39)22-10-11-23(26(31)25(22)30)36-18-13-20(14-19-36)35-28-33-15-7-16-34-28/h4-11,15-16,20H,12-14,17-19H2,1-3H3,(H,32,39)(H,33,34,35). The Kier molecular flexibility index (Phi) is 9.91. The lowest BCUT2D eigenvalue weighted by Gasteiger charge is -2.34. The summed E-state index contributed by atoms with van der Waals surface area (Å²) in [5.74, 6) is -3.80. The van der Waals surface area contributed by atoms with Crippen LogP contribution < -0.4 is 15.5 Å². The monoisotopic (exact) mass is 616 g/mol. The largest absolute Gasteiger partial charge is 0.369 e. The number of hydrogen-bond donors (Lipinski definition) is 2. The Morgan fingerprint density at radius 3 is 2.28 bits per heavy atom. The first-order chi connectivity index (χ1) is 20.4. The van der Waals surface area contributed by atoms with Crippen molar-refractivity contribution in [2.24, 2.45) is 0 Å². The number of piperidine rings is 1. The number of hydrogen-bond acceptors (Lipinski definition) is 9. The Labute approximate surface area is 249 Å². The van der Waals surface area contributed by atoms with E-state index < -0.39 is 51.1 Å². The summed E-state index contributed by atoms with van der Waals surface area (Å²) < 4.78 is 56.8. The van der Waals surface area contributed by atoms with E-state index in [-0.39, 0.29) is 23.2 Å². The van der Waals surface area contributed by atoms with Crippen molar-refractivity contribution in [1.29, 1.82) is 0 Å². The molecule has 0 radical (unpaired) electrons. The van der Waals surface area contributed by atoms with Crippen molar-refractivity contribution in [3.05, 3.63) is 78.1 Å². The molecule has 1 saturated heterocycles. The van der Waals surface area contributed by atoms with Crippen LogP contribution in [-0.4, -0.2) is 65.9 Å². The highest BCUT2D eigenvalue weighted by Gasteiger charge is 2.38. The number of carbonyl (C=O) groups excluding carboxylic acids is 2. The molecule has 43 heavy (non-hydrogen) atoms. The fourth-order valence-electron chi connectivity index (χ4n) is 4.53. The molecule has 14 heteroatoms. The van der Waals surface area contributed by atoms with Gasteiger partial charge in [0.05, 0.1) is 28.1 Å². The first-order valence-corrected chi connectivity index (χ1v) is 15.2. The van der Waals surface area contributed by atoms with Gasteiger partial charge in [-0.2, -0.15) is 0 Å². The predicted octanol–water partition coefficient (Wildman–Crippen LogP) is 3.90. The Morgan fingerprint density at radius 2 is 1.65 bits per heavy atom. The topological polar surface area (TPSA) is 134 Å². The van der Waals surface area contributed by atoms with E-state index in [0.29, 0.717) is 36.3 Å². The first-order valence-electron chi connectivity index (χ1n) is 13.7. The van der Waals surface area contributed by atoms with E-state index in [2.05, 4.69) is 20.6 Å². The molecule has 0 atom stereocenters. The van der Waals surface area contributed by atoms with Gasteiger partial charge in [-0.25, -0.2) is 27.2 Å². The molecule has 4 rings (SSSR count). The van der Waals surface area contributed by atoms with Gasteiger partial charge in [0.1, 0.15) is 0 Å². The maximum atomic E-state index is 15.0. The lowest BCUT2D eigenvalue weighted by atomic mass is 10.0. The number of carbonyl (C=O) groups is 2. The van der Waals surface area contributed by atoms with Crippen LogP contribution in [0.3, 0.4) is 0 Å². The molecule has 2 heterocycles. The summed E-state index contributed by atoms with van der Waals surface area (Å²) in [5.41, 5.74) is -1.58. The summed E-state index contributed by atoms with van der Waals surface area (Å²) in [5, 5.41) is 5.59. The van der Waals surface area contributed by atoms with Gasteiger partial charge in [-0.05, 0) is 68.4 Å². The number of nitrogens with zero attached hydrogens (tertiary/aromatic N) is 4. The highest BCUT2D eigenvalue weighted by atomic mass is 32.2. The molecule has 0 bridgehead atoms. The molecule has 3 aromatic rings. The molecule has 0 spiro atoms. The van der Waals surface area contributed by atoms with Gasteiger partial charge < -0.3 is 20.4 Å². The summed E-state index contributed by atoms with van der Waals surface area (Å²) >= 11 is 0. The van der Waals surface area contributed by atoms with E-state index in [1.807, 2.05) is 0 Å². The molecular weight excluding hydrogens is 582 g/mol. The molecule has 1 fully saturated rings. The van der Waals surface area contributed by atoms with Crippen LogP contribution in [0.25, 0.3) is 0 Å². The highest BCUT2D eigenvalue weighted by molar-refractivity contribution is 7.89. The minimum absolute atomic E-state index is 0.0499. The Morgan fingerprint density at radius 1 is 1.00 bits per heavy atom. The van der Waals surface area contributed by atoms with Crippen molar-refractivity contribution in [2.75, 3.05) is 29.9 Å². The number of aromatic nitrogens is 2. The quantitative estimate of drug-likeness (QED) is 0.325. The highest BCUT2D eigenvalue weighted by Crippen LogP contribution is 2.28. The van der Waals surface area contributed by atoms with E-state index in [9.17, 15) is 22.4 Å². The number of amides is 1. The second-order valence-corrected chi connectivity index (χ2v) is 12.7. The fourth-order valence-corrected chi connectivity index (χ4v) is 6.12. The average molecular weight is 617 g/mol. The molecule has 2 N–H and O–H groups in total. The first kappa shape index (κ1) is 31.8. The third-order valence-electron chi connectivity index (χ3n) is 6.65. The number of benzene rings is 2. The van der Waals surface area contributed by atoms with Crippen molar-refractivity contribution >= 4 is 33.5 Å². The molecule has 1 aliphatic heterocycles. The third-order valence-corrected chi connectivity index (χ3v) is 8.57. The smallest absolute Gasteiger partial charge is 0.328 e. The van der Waals surface area contributed by atoms with Crippen LogP contribution in [0.5, 0.6) is 0 Å². The van der Waals surface area contributed by atoms with Crippen molar-refractivity contribution in [3.63, 3.8) is 0 Å². The summed E-state index contributed by atoms with van der Waals surface area (Å²) in [7, 11) is -4.18. The molecule has 0 saturated carbocycles. The van der Waals surface area contributed by atoms with Crippen LogP contribution in [0, 0.1) is 11.6 Å². The second-order valence-electron chi connectivity index (χ2n) is 10.9. The summed E-state index contributed by atoms with van der Waals surface area (Å²) in [6, 6.07) is 11.8. The van der Waals surface area contributed by atoms with Gasteiger partial charge in [-0.15, -0.1) is 0 Å². The van der Waals surface area contributed by atoms with Gasteiger partial charge in [-0.1, -0.05) is 18.2 Å². The molecule has 1 amide bonds. The van der Waals surface area contributed by atoms with Crippen LogP contribution in [0.2, 0.25) is 0 Å². The number of rotatable bonds is 10. The molecular formula is C29H34F2N6O5S. The van der Waals surface area contributed by atoms with Crippen LogP contribution in [0.15, 0.2) is 65.8 Å². The zero-order valence-corrected chi connectivity index (χ0v) is 24.9. The minimum Gasteiger partial charge on any atom is -0.369 e. The number of nitrogens with one attached hydrogen (secondary N) is 2. The predicted molar refractivity (Wildman–Crippen MR) is 156 cm³/mol. The summed E-state index contributed by atoms with van der Waals surface area (Å²) in [6.45, 7) is 5.29. The number of anilines is 2. The lowest BCUT2D eigenvalue weighted by Crippen LogP contribution is -2.46. The van der Waals surface area contributed by atoms with Crippen molar-refractivity contribution in [1.82, 2.24) is 19.8 Å². The van der Waals surface area contributed by atoms with Crippen LogP contribution in [0.1, 0.15) is 50.4 Å². The van der Waals surface area contributed by atoms with Crippen molar-refractivity contribution in [3.8, 4) is 0 Å². The zero-order chi connectivity index (χ0) is 31.2. The van der Waals surface area contributed by atoms with Gasteiger partial charge in [0.15, 0.2) is 11.6 Å². The van der Waals surface area contributed by atoms with E-state index in [0.717, 1.165) is 0 Å². The van der Waals surface area contributed by atoms with Gasteiger partial charge in [0.2, 0.25) is 5.95 Å². The molecule has 0 aliphatic carbocycles. The zero-order valence-electron chi connectivity index (χ0n) is 24.1.